The fourth-order valence-electron chi connectivity index (χ4n) is 9.70. The van der Waals surface area contributed by atoms with Gasteiger partial charge in [-0.1, -0.05) is 194 Å². The molecule has 0 unspecified atom stereocenters. The van der Waals surface area contributed by atoms with Gasteiger partial charge in [-0.15, -0.1) is 11.3 Å². The Labute approximate surface area is 335 Å². The van der Waals surface area contributed by atoms with E-state index in [0.29, 0.717) is 0 Å². The third-order valence-electron chi connectivity index (χ3n) is 12.0. The van der Waals surface area contributed by atoms with E-state index in [1.807, 2.05) is 11.3 Å². The van der Waals surface area contributed by atoms with E-state index >= 15 is 0 Å². The van der Waals surface area contributed by atoms with Gasteiger partial charge in [0.1, 0.15) is 0 Å². The summed E-state index contributed by atoms with van der Waals surface area (Å²) in [4.78, 5) is 0. The van der Waals surface area contributed by atoms with E-state index in [2.05, 4.69) is 206 Å². The van der Waals surface area contributed by atoms with Gasteiger partial charge in [0.15, 0.2) is 0 Å². The second-order valence-electron chi connectivity index (χ2n) is 15.1. The van der Waals surface area contributed by atoms with E-state index in [-0.39, 0.29) is 0 Å². The maximum Gasteiger partial charge on any atom is 0.0440 e. The highest BCUT2D eigenvalue weighted by molar-refractivity contribution is 7.26. The molecule has 57 heavy (non-hydrogen) atoms. The number of benzene rings is 10. The van der Waals surface area contributed by atoms with Gasteiger partial charge in [0.25, 0.3) is 0 Å². The van der Waals surface area contributed by atoms with Gasteiger partial charge in [0.05, 0.1) is 0 Å². The summed E-state index contributed by atoms with van der Waals surface area (Å²) in [6.07, 6.45) is 0. The van der Waals surface area contributed by atoms with Crippen molar-refractivity contribution in [2.24, 2.45) is 0 Å². The number of fused-ring (bicyclic) bond motifs is 8. The van der Waals surface area contributed by atoms with E-state index in [1.165, 1.54) is 120 Å². The molecule has 0 nitrogen and oxygen atoms in total. The van der Waals surface area contributed by atoms with Crippen LogP contribution in [0.1, 0.15) is 0 Å². The van der Waals surface area contributed by atoms with Gasteiger partial charge in [0, 0.05) is 25.7 Å². The predicted molar refractivity (Wildman–Crippen MR) is 246 cm³/mol. The molecule has 0 saturated carbocycles. The number of thiophene rings is 1. The van der Waals surface area contributed by atoms with Crippen molar-refractivity contribution in [2.45, 2.75) is 0 Å². The Balaban J connectivity index is 1.26. The predicted octanol–water partition coefficient (Wildman–Crippen LogP) is 16.3. The van der Waals surface area contributed by atoms with Gasteiger partial charge in [-0.3, -0.25) is 0 Å². The average molecular weight is 739 g/mol. The lowest BCUT2D eigenvalue weighted by molar-refractivity contribution is 1.54. The van der Waals surface area contributed by atoms with E-state index < -0.39 is 0 Å². The van der Waals surface area contributed by atoms with Crippen molar-refractivity contribution in [1.29, 1.82) is 0 Å². The van der Waals surface area contributed by atoms with Crippen LogP contribution in [0, 0.1) is 0 Å². The molecule has 1 aliphatic rings. The van der Waals surface area contributed by atoms with Crippen molar-refractivity contribution in [3.05, 3.63) is 206 Å². The third-order valence-corrected chi connectivity index (χ3v) is 13.2. The quantitative estimate of drug-likeness (QED) is 0.165. The lowest BCUT2D eigenvalue weighted by Gasteiger charge is -2.26. The maximum absolute atomic E-state index is 2.44. The second-order valence-corrected chi connectivity index (χ2v) is 16.1. The third kappa shape index (κ3) is 4.80. The van der Waals surface area contributed by atoms with Gasteiger partial charge in [-0.25, -0.2) is 0 Å². The fraction of sp³-hybridized carbons (Fsp3) is 0. The molecular formula is C56H34S. The molecule has 0 N–H and O–H groups in total. The van der Waals surface area contributed by atoms with Crippen molar-refractivity contribution in [3.8, 4) is 77.9 Å². The average Bonchev–Trinajstić information content (AvgIpc) is 3.84. The van der Waals surface area contributed by atoms with Crippen molar-refractivity contribution in [1.82, 2.24) is 0 Å². The molecule has 1 heterocycles. The molecule has 12 rings (SSSR count). The van der Waals surface area contributed by atoms with Crippen LogP contribution in [-0.2, 0) is 0 Å². The molecule has 0 aliphatic heterocycles. The van der Waals surface area contributed by atoms with Gasteiger partial charge < -0.3 is 0 Å². The zero-order chi connectivity index (χ0) is 37.5. The molecular weight excluding hydrogens is 705 g/mol. The standard InChI is InChI=1S/C56H34S/c1-5-18-35(19-6-1)48-49(36-20-7-2-8-21-36)51(38-24-11-4-12-25-38)55-45-33-32-41(42-29-17-30-44(52(42)45)54(55)50(48)37-22-9-3-10-23-37)46-34-39-26-13-14-27-40(39)53-43-28-15-16-31-47(43)57-56(46)53/h1-34H. The normalized spacial score (nSPS) is 11.9. The molecule has 0 fully saturated rings. The Morgan fingerprint density at radius 3 is 1.28 bits per heavy atom. The maximum atomic E-state index is 2.44. The summed E-state index contributed by atoms with van der Waals surface area (Å²) in [5.74, 6) is 0. The summed E-state index contributed by atoms with van der Waals surface area (Å²) in [5, 5.41) is 7.88. The summed E-state index contributed by atoms with van der Waals surface area (Å²) >= 11 is 1.92. The molecule has 0 saturated heterocycles. The van der Waals surface area contributed by atoms with Crippen LogP contribution in [0.4, 0.5) is 0 Å². The van der Waals surface area contributed by atoms with E-state index in [0.717, 1.165) is 0 Å². The molecule has 0 radical (unpaired) electrons. The fourth-order valence-corrected chi connectivity index (χ4v) is 10.9. The monoisotopic (exact) mass is 738 g/mol. The van der Waals surface area contributed by atoms with Crippen LogP contribution in [0.25, 0.3) is 120 Å². The Bertz CT molecular complexity index is 3240. The first-order chi connectivity index (χ1) is 28.3. The summed E-state index contributed by atoms with van der Waals surface area (Å²) < 4.78 is 2.67. The molecule has 0 atom stereocenters. The highest BCUT2D eigenvalue weighted by Crippen LogP contribution is 2.61. The van der Waals surface area contributed by atoms with Crippen LogP contribution in [0.5, 0.6) is 0 Å². The van der Waals surface area contributed by atoms with Crippen LogP contribution in [0.3, 0.4) is 0 Å². The van der Waals surface area contributed by atoms with Crippen molar-refractivity contribution in [3.63, 3.8) is 0 Å². The largest absolute Gasteiger partial charge is 0.135 e. The molecule has 264 valence electrons. The van der Waals surface area contributed by atoms with E-state index in [9.17, 15) is 0 Å². The highest BCUT2D eigenvalue weighted by Gasteiger charge is 2.34. The van der Waals surface area contributed by atoms with Crippen molar-refractivity contribution in [2.75, 3.05) is 0 Å². The zero-order valence-electron chi connectivity index (χ0n) is 31.0. The molecule has 1 aliphatic carbocycles. The number of rotatable bonds is 5. The lowest BCUT2D eigenvalue weighted by Crippen LogP contribution is -1.99. The molecule has 0 bridgehead atoms. The smallest absolute Gasteiger partial charge is 0.0440 e. The lowest BCUT2D eigenvalue weighted by atomic mass is 9.76. The van der Waals surface area contributed by atoms with E-state index in [1.54, 1.807) is 0 Å². The number of hydrogen-bond acceptors (Lipinski definition) is 1. The molecule has 11 aromatic rings. The first kappa shape index (κ1) is 32.2. The van der Waals surface area contributed by atoms with Crippen molar-refractivity contribution < 1.29 is 0 Å². The van der Waals surface area contributed by atoms with Crippen LogP contribution in [-0.4, -0.2) is 0 Å². The first-order valence-corrected chi connectivity index (χ1v) is 20.5. The van der Waals surface area contributed by atoms with Gasteiger partial charge in [-0.2, -0.15) is 0 Å². The Morgan fingerprint density at radius 2 is 0.702 bits per heavy atom. The van der Waals surface area contributed by atoms with Gasteiger partial charge >= 0.3 is 0 Å². The minimum Gasteiger partial charge on any atom is -0.135 e. The summed E-state index contributed by atoms with van der Waals surface area (Å²) in [6.45, 7) is 0. The van der Waals surface area contributed by atoms with Crippen LogP contribution in [0.2, 0.25) is 0 Å². The number of hydrogen-bond donors (Lipinski definition) is 0. The van der Waals surface area contributed by atoms with Crippen LogP contribution >= 0.6 is 11.3 Å². The van der Waals surface area contributed by atoms with Crippen LogP contribution < -0.4 is 0 Å². The minimum absolute atomic E-state index is 1.21. The summed E-state index contributed by atoms with van der Waals surface area (Å²) in [6, 6.07) is 76.3. The second kappa shape index (κ2) is 12.7. The molecule has 0 amide bonds. The Morgan fingerprint density at radius 1 is 0.263 bits per heavy atom. The van der Waals surface area contributed by atoms with Gasteiger partial charge in [-0.05, 0) is 106 Å². The Hall–Kier alpha value is -7.06. The summed E-state index contributed by atoms with van der Waals surface area (Å²) in [7, 11) is 0. The van der Waals surface area contributed by atoms with Crippen LogP contribution in [0.15, 0.2) is 206 Å². The molecule has 1 heteroatoms. The molecule has 0 spiro atoms. The Kier molecular flexibility index (Phi) is 7.20. The molecule has 1 aromatic heterocycles. The minimum atomic E-state index is 1.21. The highest BCUT2D eigenvalue weighted by atomic mass is 32.1. The molecule has 10 aromatic carbocycles. The SMILES string of the molecule is c1ccc(-c2c(-c3ccccc3)c(-c3ccccc3)c3c(c2-c2ccccc2)-c2cccc4c(-c5cc6ccccc6c6c5sc5ccccc56)ccc-3c24)cc1. The van der Waals surface area contributed by atoms with Gasteiger partial charge in [0.2, 0.25) is 0 Å². The first-order valence-electron chi connectivity index (χ1n) is 19.7. The zero-order valence-corrected chi connectivity index (χ0v) is 31.9. The summed E-state index contributed by atoms with van der Waals surface area (Å²) in [5.41, 5.74) is 17.7. The van der Waals surface area contributed by atoms with E-state index in [4.69, 9.17) is 0 Å². The van der Waals surface area contributed by atoms with Crippen molar-refractivity contribution >= 4 is 53.1 Å². The topological polar surface area (TPSA) is 0 Å².